The van der Waals surface area contributed by atoms with Gasteiger partial charge in [-0.1, -0.05) is 6.92 Å². The van der Waals surface area contributed by atoms with Crippen LogP contribution < -0.4 is 5.73 Å². The Morgan fingerprint density at radius 2 is 2.38 bits per heavy atom. The van der Waals surface area contributed by atoms with Crippen molar-refractivity contribution in [2.45, 2.75) is 39.5 Å². The summed E-state index contributed by atoms with van der Waals surface area (Å²) in [5.41, 5.74) is 6.46. The summed E-state index contributed by atoms with van der Waals surface area (Å²) in [6.45, 7) is 5.20. The zero-order valence-corrected chi connectivity index (χ0v) is 8.25. The van der Waals surface area contributed by atoms with Gasteiger partial charge in [-0.2, -0.15) is 0 Å². The Labute approximate surface area is 78.9 Å². The first-order valence-corrected chi connectivity index (χ1v) is 4.64. The number of nitrogens with two attached hydrogens (primary N) is 1. The molecule has 0 spiro atoms. The molecule has 2 N–H and O–H groups in total. The second-order valence-electron chi connectivity index (χ2n) is 3.16. The average Bonchev–Trinajstić information content (AvgIpc) is 2.61. The van der Waals surface area contributed by atoms with Gasteiger partial charge in [0.15, 0.2) is 0 Å². The van der Waals surface area contributed by atoms with Crippen LogP contribution in [0.4, 0.5) is 0 Å². The molecule has 1 heterocycles. The van der Waals surface area contributed by atoms with Crippen LogP contribution in [0.15, 0.2) is 16.7 Å². The molecule has 3 heteroatoms. The smallest absolute Gasteiger partial charge is 0.129 e. The molecule has 1 aromatic rings. The van der Waals surface area contributed by atoms with Gasteiger partial charge in [0.25, 0.3) is 0 Å². The van der Waals surface area contributed by atoms with Crippen LogP contribution >= 0.6 is 0 Å². The van der Waals surface area contributed by atoms with Crippen LogP contribution in [0, 0.1) is 0 Å². The number of furan rings is 1. The molecule has 0 fully saturated rings. The molecule has 0 amide bonds. The topological polar surface area (TPSA) is 48.4 Å². The van der Waals surface area contributed by atoms with Crippen LogP contribution in [0.25, 0.3) is 0 Å². The quantitative estimate of drug-likeness (QED) is 0.760. The van der Waals surface area contributed by atoms with Gasteiger partial charge in [-0.05, 0) is 19.4 Å². The molecule has 74 valence electrons. The summed E-state index contributed by atoms with van der Waals surface area (Å²) < 4.78 is 10.7. The van der Waals surface area contributed by atoms with Crippen LogP contribution in [0.3, 0.4) is 0 Å². The van der Waals surface area contributed by atoms with Gasteiger partial charge >= 0.3 is 0 Å². The fraction of sp³-hybridized carbons (Fsp3) is 0.600. The third-order valence-corrected chi connectivity index (χ3v) is 2.03. The molecular formula is C10H17NO2. The Hall–Kier alpha value is -0.800. The largest absolute Gasteiger partial charge is 0.467 e. The second kappa shape index (κ2) is 5.04. The van der Waals surface area contributed by atoms with Crippen molar-refractivity contribution in [1.82, 2.24) is 0 Å². The van der Waals surface area contributed by atoms with Crippen LogP contribution in [0.2, 0.25) is 0 Å². The molecule has 1 unspecified atom stereocenters. The Morgan fingerprint density at radius 3 is 2.92 bits per heavy atom. The second-order valence-corrected chi connectivity index (χ2v) is 3.16. The van der Waals surface area contributed by atoms with E-state index < -0.39 is 0 Å². The molecule has 0 aliphatic carbocycles. The summed E-state index contributed by atoms with van der Waals surface area (Å²) >= 11 is 0. The maximum atomic E-state index is 5.50. The molecule has 0 saturated carbocycles. The zero-order chi connectivity index (χ0) is 9.68. The van der Waals surface area contributed by atoms with Crippen molar-refractivity contribution < 1.29 is 9.15 Å². The molecule has 0 aliphatic heterocycles. The summed E-state index contributed by atoms with van der Waals surface area (Å²) in [4.78, 5) is 0. The van der Waals surface area contributed by atoms with Crippen molar-refractivity contribution >= 4 is 0 Å². The molecular weight excluding hydrogens is 166 g/mol. The van der Waals surface area contributed by atoms with Gasteiger partial charge in [0.2, 0.25) is 0 Å². The van der Waals surface area contributed by atoms with Crippen LogP contribution in [0.1, 0.15) is 31.6 Å². The Kier molecular flexibility index (Phi) is 3.99. The molecule has 0 aromatic carbocycles. The SMILES string of the molecule is CCC(C)OCc1cc(CN)co1. The minimum Gasteiger partial charge on any atom is -0.467 e. The molecule has 0 radical (unpaired) electrons. The highest BCUT2D eigenvalue weighted by Gasteiger charge is 2.03. The van der Waals surface area contributed by atoms with E-state index in [1.54, 1.807) is 6.26 Å². The van der Waals surface area contributed by atoms with E-state index in [2.05, 4.69) is 6.92 Å². The van der Waals surface area contributed by atoms with Crippen LogP contribution in [-0.4, -0.2) is 6.10 Å². The highest BCUT2D eigenvalue weighted by Crippen LogP contribution is 2.10. The van der Waals surface area contributed by atoms with Gasteiger partial charge in [-0.15, -0.1) is 0 Å². The lowest BCUT2D eigenvalue weighted by molar-refractivity contribution is 0.0406. The predicted molar refractivity (Wildman–Crippen MR) is 51.1 cm³/mol. The van der Waals surface area contributed by atoms with E-state index in [0.29, 0.717) is 13.2 Å². The van der Waals surface area contributed by atoms with Crippen molar-refractivity contribution in [2.75, 3.05) is 0 Å². The minimum absolute atomic E-state index is 0.284. The van der Waals surface area contributed by atoms with Crippen molar-refractivity contribution in [3.63, 3.8) is 0 Å². The van der Waals surface area contributed by atoms with Crippen molar-refractivity contribution in [2.24, 2.45) is 5.73 Å². The van der Waals surface area contributed by atoms with Gasteiger partial charge < -0.3 is 14.9 Å². The first kappa shape index (κ1) is 10.3. The Balaban J connectivity index is 2.36. The van der Waals surface area contributed by atoms with Gasteiger partial charge in [0.05, 0.1) is 12.4 Å². The average molecular weight is 183 g/mol. The van der Waals surface area contributed by atoms with Gasteiger partial charge in [-0.3, -0.25) is 0 Å². The molecule has 0 aliphatic rings. The molecule has 13 heavy (non-hydrogen) atoms. The van der Waals surface area contributed by atoms with Crippen molar-refractivity contribution in [1.29, 1.82) is 0 Å². The molecule has 1 rings (SSSR count). The first-order chi connectivity index (χ1) is 6.26. The van der Waals surface area contributed by atoms with Gasteiger partial charge in [0.1, 0.15) is 12.4 Å². The van der Waals surface area contributed by atoms with Crippen LogP contribution in [0.5, 0.6) is 0 Å². The maximum absolute atomic E-state index is 5.50. The number of ether oxygens (including phenoxy) is 1. The monoisotopic (exact) mass is 183 g/mol. The summed E-state index contributed by atoms with van der Waals surface area (Å²) in [6.07, 6.45) is 2.98. The third kappa shape index (κ3) is 3.20. The number of hydrogen-bond acceptors (Lipinski definition) is 3. The molecule has 3 nitrogen and oxygen atoms in total. The predicted octanol–water partition coefficient (Wildman–Crippen LogP) is 2.05. The van der Waals surface area contributed by atoms with E-state index >= 15 is 0 Å². The molecule has 0 bridgehead atoms. The van der Waals surface area contributed by atoms with Crippen molar-refractivity contribution in [3.8, 4) is 0 Å². The molecule has 1 aromatic heterocycles. The van der Waals surface area contributed by atoms with E-state index in [-0.39, 0.29) is 6.10 Å². The Bertz CT molecular complexity index is 245. The Morgan fingerprint density at radius 1 is 1.62 bits per heavy atom. The first-order valence-electron chi connectivity index (χ1n) is 4.64. The van der Waals surface area contributed by atoms with E-state index in [1.807, 2.05) is 13.0 Å². The number of rotatable bonds is 5. The molecule has 0 saturated heterocycles. The lowest BCUT2D eigenvalue weighted by atomic mass is 10.3. The lowest BCUT2D eigenvalue weighted by Crippen LogP contribution is -2.05. The summed E-state index contributed by atoms with van der Waals surface area (Å²) in [6, 6.07) is 1.93. The molecule has 1 atom stereocenters. The fourth-order valence-electron chi connectivity index (χ4n) is 0.951. The van der Waals surface area contributed by atoms with Crippen LogP contribution in [-0.2, 0) is 17.9 Å². The maximum Gasteiger partial charge on any atom is 0.129 e. The van der Waals surface area contributed by atoms with Crippen molar-refractivity contribution in [3.05, 3.63) is 23.7 Å². The summed E-state index contributed by atoms with van der Waals surface area (Å²) in [7, 11) is 0. The highest BCUT2D eigenvalue weighted by atomic mass is 16.5. The summed E-state index contributed by atoms with van der Waals surface area (Å²) in [5.74, 6) is 0.848. The normalized spacial score (nSPS) is 13.2. The van der Waals surface area contributed by atoms with Gasteiger partial charge in [0, 0.05) is 12.1 Å². The van der Waals surface area contributed by atoms with E-state index in [4.69, 9.17) is 14.9 Å². The van der Waals surface area contributed by atoms with E-state index in [1.165, 1.54) is 0 Å². The number of hydrogen-bond donors (Lipinski definition) is 1. The lowest BCUT2D eigenvalue weighted by Gasteiger charge is -2.07. The minimum atomic E-state index is 0.284. The van der Waals surface area contributed by atoms with Gasteiger partial charge in [-0.25, -0.2) is 0 Å². The highest BCUT2D eigenvalue weighted by molar-refractivity contribution is 5.11. The summed E-state index contributed by atoms with van der Waals surface area (Å²) in [5, 5.41) is 0. The van der Waals surface area contributed by atoms with E-state index in [0.717, 1.165) is 17.7 Å². The third-order valence-electron chi connectivity index (χ3n) is 2.03. The van der Waals surface area contributed by atoms with E-state index in [9.17, 15) is 0 Å². The standard InChI is InChI=1S/C10H17NO2/c1-3-8(2)12-7-10-4-9(5-11)6-13-10/h4,6,8H,3,5,7,11H2,1-2H3. The zero-order valence-electron chi connectivity index (χ0n) is 8.25. The fourth-order valence-corrected chi connectivity index (χ4v) is 0.951.